The second-order valence-electron chi connectivity index (χ2n) is 2.86. The van der Waals surface area contributed by atoms with Gasteiger partial charge in [-0.25, -0.2) is 5.21 Å². The third-order valence-electron chi connectivity index (χ3n) is 1.71. The van der Waals surface area contributed by atoms with E-state index in [1.165, 1.54) is 13.3 Å². The summed E-state index contributed by atoms with van der Waals surface area (Å²) in [5.41, 5.74) is 7.68. The molecule has 0 aliphatic heterocycles. The van der Waals surface area contributed by atoms with Crippen LogP contribution in [0, 0.1) is 4.91 Å². The third-order valence-corrected chi connectivity index (χ3v) is 1.71. The van der Waals surface area contributed by atoms with Crippen molar-refractivity contribution in [3.05, 3.63) is 34.7 Å². The number of guanidine groups is 1. The summed E-state index contributed by atoms with van der Waals surface area (Å²) in [5.74, 6) is 0.291. The van der Waals surface area contributed by atoms with Crippen molar-refractivity contribution >= 4 is 12.2 Å². The third kappa shape index (κ3) is 4.16. The van der Waals surface area contributed by atoms with Gasteiger partial charge in [-0.15, -0.1) is 5.10 Å². The van der Waals surface area contributed by atoms with E-state index in [9.17, 15) is 4.91 Å². The maximum absolute atomic E-state index is 10.1. The molecule has 0 radical (unpaired) electrons. The van der Waals surface area contributed by atoms with Crippen LogP contribution in [0.1, 0.15) is 5.56 Å². The van der Waals surface area contributed by atoms with Gasteiger partial charge in [0, 0.05) is 5.56 Å². The normalized spacial score (nSPS) is 11.5. The molecule has 0 amide bonds. The Labute approximate surface area is 96.9 Å². The van der Waals surface area contributed by atoms with Gasteiger partial charge in [0.05, 0.1) is 13.3 Å². The highest BCUT2D eigenvalue weighted by molar-refractivity contribution is 5.84. The molecule has 0 aliphatic rings. The fraction of sp³-hybridized carbons (Fsp3) is 0.111. The number of rotatable bonds is 4. The number of hydrazine groups is 1. The Balaban J connectivity index is 2.74. The zero-order valence-electron chi connectivity index (χ0n) is 9.07. The van der Waals surface area contributed by atoms with Gasteiger partial charge in [-0.1, -0.05) is 12.1 Å². The Hall–Kier alpha value is -2.64. The quantitative estimate of drug-likeness (QED) is 0.389. The van der Waals surface area contributed by atoms with Gasteiger partial charge < -0.3 is 10.5 Å². The van der Waals surface area contributed by atoms with Gasteiger partial charge in [0.1, 0.15) is 10.7 Å². The Kier molecular flexibility index (Phi) is 4.43. The Bertz CT molecular complexity index is 458. The maximum atomic E-state index is 10.1. The summed E-state index contributed by atoms with van der Waals surface area (Å²) >= 11 is 0. The second-order valence-corrected chi connectivity index (χ2v) is 2.86. The predicted molar refractivity (Wildman–Crippen MR) is 60.8 cm³/mol. The van der Waals surface area contributed by atoms with Gasteiger partial charge in [-0.05, 0) is 17.6 Å². The van der Waals surface area contributed by atoms with Crippen LogP contribution in [-0.2, 0) is 0 Å². The highest BCUT2D eigenvalue weighted by atomic mass is 16.7. The first-order valence-electron chi connectivity index (χ1n) is 4.56. The van der Waals surface area contributed by atoms with E-state index in [0.29, 0.717) is 11.3 Å². The number of nitrogens with one attached hydrogen (secondary N) is 1. The van der Waals surface area contributed by atoms with Crippen LogP contribution < -0.4 is 15.9 Å². The van der Waals surface area contributed by atoms with Crippen molar-refractivity contribution in [2.24, 2.45) is 15.9 Å². The van der Waals surface area contributed by atoms with Crippen molar-refractivity contribution in [1.82, 2.24) is 5.43 Å². The zero-order valence-corrected chi connectivity index (χ0v) is 9.07. The van der Waals surface area contributed by atoms with E-state index >= 15 is 0 Å². The fourth-order valence-electron chi connectivity index (χ4n) is 1.05. The van der Waals surface area contributed by atoms with Gasteiger partial charge >= 0.3 is 5.03 Å². The topological polar surface area (TPSA) is 112 Å². The van der Waals surface area contributed by atoms with Gasteiger partial charge in [0.15, 0.2) is 0 Å². The Morgan fingerprint density at radius 1 is 1.59 bits per heavy atom. The van der Waals surface area contributed by atoms with Crippen LogP contribution in [0.2, 0.25) is 0 Å². The van der Waals surface area contributed by atoms with E-state index in [-0.39, 0.29) is 5.96 Å². The standard InChI is InChI=1S/C9H12N5O3/c1-17-8-5-3-2-4-7(8)6-11-12-9(10)13-14(15)16/h2-6H,1H3,(H,15,16)(H3,10,12,13)/q+1/b11-6+. The number of methoxy groups -OCH3 is 1. The number of para-hydroxylation sites is 1. The van der Waals surface area contributed by atoms with Crippen LogP contribution in [0.25, 0.3) is 0 Å². The first-order valence-corrected chi connectivity index (χ1v) is 4.56. The van der Waals surface area contributed by atoms with Gasteiger partial charge in [-0.2, -0.15) is 5.10 Å². The first-order chi connectivity index (χ1) is 8.13. The van der Waals surface area contributed by atoms with Crippen molar-refractivity contribution in [1.29, 1.82) is 0 Å². The van der Waals surface area contributed by atoms with E-state index < -0.39 is 5.03 Å². The van der Waals surface area contributed by atoms with Crippen LogP contribution in [-0.4, -0.2) is 29.5 Å². The average Bonchev–Trinajstić information content (AvgIpc) is 2.28. The smallest absolute Gasteiger partial charge is 0.362 e. The molecule has 4 N–H and O–H groups in total. The number of hydrogen-bond acceptors (Lipinski definition) is 4. The Morgan fingerprint density at radius 2 is 2.29 bits per heavy atom. The molecule has 0 spiro atoms. The maximum Gasteiger partial charge on any atom is 0.362 e. The summed E-state index contributed by atoms with van der Waals surface area (Å²) in [6.45, 7) is 0. The monoisotopic (exact) mass is 238 g/mol. The lowest BCUT2D eigenvalue weighted by Crippen LogP contribution is -2.36. The number of hydrogen-bond donors (Lipinski definition) is 3. The molecule has 0 atom stereocenters. The summed E-state index contributed by atoms with van der Waals surface area (Å²) in [7, 11) is 1.53. The molecule has 1 aromatic rings. The predicted octanol–water partition coefficient (Wildman–Crippen LogP) is 0.0165. The van der Waals surface area contributed by atoms with E-state index in [2.05, 4.69) is 10.2 Å². The molecule has 8 nitrogen and oxygen atoms in total. The van der Waals surface area contributed by atoms with Crippen molar-refractivity contribution in [3.8, 4) is 5.75 Å². The molecule has 0 bridgehead atoms. The fourth-order valence-corrected chi connectivity index (χ4v) is 1.05. The summed E-state index contributed by atoms with van der Waals surface area (Å²) in [6, 6.07) is 7.16. The summed E-state index contributed by atoms with van der Waals surface area (Å²) < 4.78 is 5.08. The van der Waals surface area contributed by atoms with Crippen molar-refractivity contribution in [2.75, 3.05) is 7.11 Å². The molecule has 0 aromatic heterocycles. The molecule has 0 fully saturated rings. The minimum absolute atomic E-state index is 0.339. The van der Waals surface area contributed by atoms with Crippen LogP contribution in [0.15, 0.2) is 34.5 Å². The number of ether oxygens (including phenoxy) is 1. The lowest BCUT2D eigenvalue weighted by atomic mass is 10.2. The van der Waals surface area contributed by atoms with Gasteiger partial charge in [-0.3, -0.25) is 0 Å². The van der Waals surface area contributed by atoms with Gasteiger partial charge in [0.2, 0.25) is 0 Å². The number of benzene rings is 1. The largest absolute Gasteiger partial charge is 0.496 e. The molecule has 0 aliphatic carbocycles. The molecule has 0 unspecified atom stereocenters. The molecule has 0 heterocycles. The van der Waals surface area contributed by atoms with Crippen LogP contribution >= 0.6 is 0 Å². The molecule has 17 heavy (non-hydrogen) atoms. The lowest BCUT2D eigenvalue weighted by molar-refractivity contribution is -0.822. The minimum atomic E-state index is -0.572. The highest BCUT2D eigenvalue weighted by Gasteiger charge is 2.03. The van der Waals surface area contributed by atoms with Gasteiger partial charge in [0.25, 0.3) is 5.96 Å². The summed E-state index contributed by atoms with van der Waals surface area (Å²) in [4.78, 5) is 10.1. The zero-order chi connectivity index (χ0) is 12.7. The van der Waals surface area contributed by atoms with E-state index in [1.54, 1.807) is 17.6 Å². The van der Waals surface area contributed by atoms with Crippen molar-refractivity contribution in [3.63, 3.8) is 0 Å². The van der Waals surface area contributed by atoms with Crippen LogP contribution in [0.4, 0.5) is 0 Å². The number of nitrogens with two attached hydrogens (primary N) is 1. The molecular weight excluding hydrogens is 226 g/mol. The lowest BCUT2D eigenvalue weighted by Gasteiger charge is -2.01. The molecule has 0 saturated heterocycles. The Morgan fingerprint density at radius 3 is 2.94 bits per heavy atom. The molecule has 1 rings (SSSR count). The van der Waals surface area contributed by atoms with E-state index in [1.807, 2.05) is 12.1 Å². The number of nitrogens with zero attached hydrogens (tertiary/aromatic N) is 3. The van der Waals surface area contributed by atoms with Crippen molar-refractivity contribution < 1.29 is 15.0 Å². The van der Waals surface area contributed by atoms with E-state index in [0.717, 1.165) is 0 Å². The SMILES string of the molecule is COc1ccccc1/C=N/N=C(\N)N[N+](=O)O. The molecule has 0 saturated carbocycles. The molecule has 8 heteroatoms. The molecule has 90 valence electrons. The van der Waals surface area contributed by atoms with Crippen LogP contribution in [0.5, 0.6) is 5.75 Å². The first kappa shape index (κ1) is 12.4. The highest BCUT2D eigenvalue weighted by Crippen LogP contribution is 2.14. The van der Waals surface area contributed by atoms with Crippen molar-refractivity contribution in [2.45, 2.75) is 0 Å². The summed E-state index contributed by atoms with van der Waals surface area (Å²) in [5, 5.41) is 14.7. The van der Waals surface area contributed by atoms with Crippen LogP contribution in [0.3, 0.4) is 0 Å². The average molecular weight is 238 g/mol. The minimum Gasteiger partial charge on any atom is -0.496 e. The summed E-state index contributed by atoms with van der Waals surface area (Å²) in [6.07, 6.45) is 1.40. The van der Waals surface area contributed by atoms with E-state index in [4.69, 9.17) is 15.7 Å². The molecular formula is C9H12N5O3+. The molecule has 1 aromatic carbocycles. The second kappa shape index (κ2) is 6.05.